The third-order valence-corrected chi connectivity index (χ3v) is 9.15. The molecule has 9 atom stereocenters. The van der Waals surface area contributed by atoms with Crippen LogP contribution in [0.3, 0.4) is 0 Å². The topological polar surface area (TPSA) is 243 Å². The van der Waals surface area contributed by atoms with Crippen molar-refractivity contribution < 1.29 is 53.6 Å². The van der Waals surface area contributed by atoms with Crippen molar-refractivity contribution in [1.29, 1.82) is 0 Å². The molecule has 7 N–H and O–H groups in total. The molecule has 4 rings (SSSR count). The number of carbonyl (C=O) groups is 7. The van der Waals surface area contributed by atoms with Gasteiger partial charge in [-0.15, -0.1) is 0 Å². The molecule has 1 aromatic rings. The number of amides is 3. The summed E-state index contributed by atoms with van der Waals surface area (Å²) in [7, 11) is 3.96. The molecule has 0 aliphatic heterocycles. The highest BCUT2D eigenvalue weighted by molar-refractivity contribution is 6.32. The van der Waals surface area contributed by atoms with Crippen molar-refractivity contribution in [3.8, 4) is 5.75 Å². The lowest BCUT2D eigenvalue weighted by Crippen LogP contribution is -2.77. The molecule has 3 unspecified atom stereocenters. The van der Waals surface area contributed by atoms with Crippen LogP contribution in [-0.4, -0.2) is 106 Å². The minimum absolute atomic E-state index is 0.205. The van der Waals surface area contributed by atoms with E-state index in [-0.39, 0.29) is 22.7 Å². The summed E-state index contributed by atoms with van der Waals surface area (Å²) in [6, 6.07) is -0.721. The normalized spacial score (nSPS) is 32.0. The lowest BCUT2D eigenvalue weighted by molar-refractivity contribution is -0.196. The van der Waals surface area contributed by atoms with Crippen molar-refractivity contribution in [2.75, 3.05) is 26.5 Å². The Hall–Kier alpha value is -4.21. The Labute approximate surface area is 252 Å². The molecule has 3 aliphatic rings. The van der Waals surface area contributed by atoms with Gasteiger partial charge in [-0.2, -0.15) is 0 Å². The number of hydrogen-bond donors (Lipinski definition) is 6. The number of ketones is 4. The van der Waals surface area contributed by atoms with Crippen molar-refractivity contribution in [3.63, 3.8) is 0 Å². The van der Waals surface area contributed by atoms with Gasteiger partial charge < -0.3 is 36.4 Å². The van der Waals surface area contributed by atoms with E-state index in [2.05, 4.69) is 10.6 Å². The SMILES string of the molecule is COC(=O)C(NC(=O)Nc1ccc2c(c1O)C(=O)C1C(=O)[C@]3(O)C(=O)C(C(N)=O)C(=O)[C@@H](N(C)C)[C@@H]3[C@@H](O)[C@@H]1[C@H]2C)C(C)C. The number of Topliss-reactive ketones (excluding diaryl/α,β-unsaturated/α-hetero) is 4. The molecule has 3 aliphatic carbocycles. The molecule has 0 aromatic heterocycles. The summed E-state index contributed by atoms with van der Waals surface area (Å²) < 4.78 is 4.70. The summed E-state index contributed by atoms with van der Waals surface area (Å²) in [5.41, 5.74) is 1.75. The Bertz CT molecular complexity index is 1470. The number of esters is 1. The molecule has 0 saturated heterocycles. The van der Waals surface area contributed by atoms with E-state index in [1.807, 2.05) is 0 Å². The van der Waals surface area contributed by atoms with Crippen LogP contribution in [0.15, 0.2) is 12.1 Å². The van der Waals surface area contributed by atoms with Gasteiger partial charge in [0, 0.05) is 5.92 Å². The smallest absolute Gasteiger partial charge is 0.328 e. The number of methoxy groups -OCH3 is 1. The van der Waals surface area contributed by atoms with Crippen LogP contribution in [-0.2, 0) is 28.7 Å². The average Bonchev–Trinajstić information content (AvgIpc) is 2.93. The van der Waals surface area contributed by atoms with Crippen molar-refractivity contribution >= 4 is 46.7 Å². The molecule has 0 bridgehead atoms. The molecule has 44 heavy (non-hydrogen) atoms. The largest absolute Gasteiger partial charge is 0.505 e. The van der Waals surface area contributed by atoms with Crippen LogP contribution in [0.25, 0.3) is 0 Å². The van der Waals surface area contributed by atoms with Crippen molar-refractivity contribution in [3.05, 3.63) is 23.3 Å². The number of phenols is 1. The van der Waals surface area contributed by atoms with E-state index in [4.69, 9.17) is 10.5 Å². The Kier molecular flexibility index (Phi) is 8.45. The van der Waals surface area contributed by atoms with E-state index >= 15 is 0 Å². The van der Waals surface area contributed by atoms with Gasteiger partial charge in [0.05, 0.1) is 42.3 Å². The van der Waals surface area contributed by atoms with E-state index in [9.17, 15) is 48.9 Å². The van der Waals surface area contributed by atoms with Crippen LogP contribution in [0.5, 0.6) is 5.75 Å². The van der Waals surface area contributed by atoms with Crippen LogP contribution in [0, 0.1) is 29.6 Å². The number of anilines is 1. The van der Waals surface area contributed by atoms with Gasteiger partial charge in [-0.25, -0.2) is 9.59 Å². The van der Waals surface area contributed by atoms with Gasteiger partial charge in [-0.1, -0.05) is 26.8 Å². The number of benzene rings is 1. The third kappa shape index (κ3) is 4.66. The second-order valence-corrected chi connectivity index (χ2v) is 12.1. The van der Waals surface area contributed by atoms with Crippen LogP contribution < -0.4 is 16.4 Å². The number of primary amides is 1. The quantitative estimate of drug-likeness (QED) is 0.124. The minimum Gasteiger partial charge on any atom is -0.505 e. The number of rotatable bonds is 6. The van der Waals surface area contributed by atoms with E-state index in [1.165, 1.54) is 31.1 Å². The number of nitrogens with one attached hydrogen (secondary N) is 2. The Morgan fingerprint density at radius 3 is 2.23 bits per heavy atom. The summed E-state index contributed by atoms with van der Waals surface area (Å²) in [5, 5.41) is 39.3. The molecule has 238 valence electrons. The zero-order chi connectivity index (χ0) is 33.2. The number of urea groups is 1. The minimum atomic E-state index is -3.12. The molecule has 2 saturated carbocycles. The van der Waals surface area contributed by atoms with Gasteiger partial charge in [-0.3, -0.25) is 28.9 Å². The molecule has 0 spiro atoms. The van der Waals surface area contributed by atoms with Gasteiger partial charge in [0.25, 0.3) is 0 Å². The van der Waals surface area contributed by atoms with Gasteiger partial charge in [0.2, 0.25) is 5.91 Å². The highest BCUT2D eigenvalue weighted by Crippen LogP contribution is 2.55. The summed E-state index contributed by atoms with van der Waals surface area (Å²) in [6.45, 7) is 4.90. The number of nitrogens with two attached hydrogens (primary N) is 1. The number of likely N-dealkylation sites (N-methyl/N-ethyl adjacent to an activating group) is 1. The standard InChI is InChI=1S/C29H36N4O11/c1-9(2)18(27(41)44-6)32-28(42)31-12-8-7-11-10(3)13-15(21(35)14(11)20(12)34)24(38)29(43)17(22(13)36)19(33(4)5)23(37)16(25(29)39)26(30)40/h7-10,13,15-19,22,34,36,43H,1-6H3,(H2,30,40)(H2,31,32,42)/t10-,13+,15?,16?,17+,18?,19-,22-,29-/m0/s1. The lowest BCUT2D eigenvalue weighted by Gasteiger charge is -2.56. The second-order valence-electron chi connectivity index (χ2n) is 12.1. The highest BCUT2D eigenvalue weighted by Gasteiger charge is 2.72. The average molecular weight is 617 g/mol. The fourth-order valence-electron chi connectivity index (χ4n) is 7.01. The molecule has 0 heterocycles. The van der Waals surface area contributed by atoms with Crippen LogP contribution in [0.2, 0.25) is 0 Å². The fourth-order valence-corrected chi connectivity index (χ4v) is 7.01. The monoisotopic (exact) mass is 616 g/mol. The molecular formula is C29H36N4O11. The first-order chi connectivity index (χ1) is 20.4. The van der Waals surface area contributed by atoms with Crippen molar-refractivity contribution in [1.82, 2.24) is 10.2 Å². The number of phenolic OH excluding ortho intramolecular Hbond substituents is 1. The van der Waals surface area contributed by atoms with Gasteiger partial charge in [-0.05, 0) is 37.6 Å². The number of fused-ring (bicyclic) bond motifs is 3. The van der Waals surface area contributed by atoms with Crippen molar-refractivity contribution in [2.45, 2.75) is 50.5 Å². The fraction of sp³-hybridized carbons (Fsp3) is 0.552. The zero-order valence-corrected chi connectivity index (χ0v) is 25.0. The molecule has 1 aromatic carbocycles. The molecular weight excluding hydrogens is 580 g/mol. The Morgan fingerprint density at radius 1 is 1.09 bits per heavy atom. The number of nitrogens with zero attached hydrogens (tertiary/aromatic N) is 1. The maximum Gasteiger partial charge on any atom is 0.328 e. The zero-order valence-electron chi connectivity index (χ0n) is 25.0. The maximum absolute atomic E-state index is 14.0. The number of aliphatic hydroxyl groups excluding tert-OH is 1. The third-order valence-electron chi connectivity index (χ3n) is 9.15. The first-order valence-electron chi connectivity index (χ1n) is 14.0. The second kappa shape index (κ2) is 11.4. The molecule has 2 fully saturated rings. The summed E-state index contributed by atoms with van der Waals surface area (Å²) in [6.07, 6.45) is -1.76. The Balaban J connectivity index is 1.78. The predicted octanol–water partition coefficient (Wildman–Crippen LogP) is -1.28. The summed E-state index contributed by atoms with van der Waals surface area (Å²) in [4.78, 5) is 92.9. The molecule has 0 radical (unpaired) electrons. The molecule has 15 heteroatoms. The van der Waals surface area contributed by atoms with Crippen LogP contribution >= 0.6 is 0 Å². The number of hydrogen-bond acceptors (Lipinski definition) is 12. The number of aliphatic hydroxyl groups is 2. The van der Waals surface area contributed by atoms with E-state index in [0.717, 1.165) is 7.11 Å². The number of aromatic hydroxyl groups is 1. The first kappa shape index (κ1) is 32.7. The Morgan fingerprint density at radius 2 is 1.70 bits per heavy atom. The van der Waals surface area contributed by atoms with Gasteiger partial charge >= 0.3 is 12.0 Å². The first-order valence-corrected chi connectivity index (χ1v) is 14.0. The summed E-state index contributed by atoms with van der Waals surface area (Å²) >= 11 is 0. The predicted molar refractivity (Wildman–Crippen MR) is 150 cm³/mol. The number of ether oxygens (including phenoxy) is 1. The lowest BCUT2D eigenvalue weighted by atomic mass is 9.49. The van der Waals surface area contributed by atoms with E-state index in [0.29, 0.717) is 0 Å². The van der Waals surface area contributed by atoms with Crippen LogP contribution in [0.1, 0.15) is 42.6 Å². The van der Waals surface area contributed by atoms with Crippen LogP contribution in [0.4, 0.5) is 10.5 Å². The number of carbonyl (C=O) groups excluding carboxylic acids is 7. The van der Waals surface area contributed by atoms with E-state index in [1.54, 1.807) is 20.8 Å². The maximum atomic E-state index is 14.0. The van der Waals surface area contributed by atoms with Gasteiger partial charge in [0.15, 0.2) is 34.7 Å². The highest BCUT2D eigenvalue weighted by atomic mass is 16.5. The molecule has 3 amide bonds. The van der Waals surface area contributed by atoms with Crippen molar-refractivity contribution in [2.24, 2.45) is 35.3 Å². The van der Waals surface area contributed by atoms with Gasteiger partial charge in [0.1, 0.15) is 11.8 Å². The van der Waals surface area contributed by atoms with E-state index < -0.39 is 100 Å². The molecule has 15 nitrogen and oxygen atoms in total. The summed E-state index contributed by atoms with van der Waals surface area (Å²) in [5.74, 6) is -15.9.